The van der Waals surface area contributed by atoms with Gasteiger partial charge in [-0.3, -0.25) is 9.59 Å². The van der Waals surface area contributed by atoms with Crippen LogP contribution in [0.2, 0.25) is 0 Å². The SMILES string of the molecule is O=C(CC1(O)CCCC1)Nc1cccc(N2CCCC2=O)c1. The van der Waals surface area contributed by atoms with Gasteiger partial charge in [0.2, 0.25) is 11.8 Å². The van der Waals surface area contributed by atoms with Crippen molar-refractivity contribution in [2.24, 2.45) is 0 Å². The number of carbonyl (C=O) groups excluding carboxylic acids is 2. The molecule has 22 heavy (non-hydrogen) atoms. The third-order valence-electron chi connectivity index (χ3n) is 4.54. The Morgan fingerprint density at radius 2 is 2.05 bits per heavy atom. The van der Waals surface area contributed by atoms with Crippen molar-refractivity contribution in [1.82, 2.24) is 0 Å². The highest BCUT2D eigenvalue weighted by Gasteiger charge is 2.33. The molecular formula is C17H22N2O3. The number of carbonyl (C=O) groups is 2. The van der Waals surface area contributed by atoms with Crippen molar-refractivity contribution < 1.29 is 14.7 Å². The van der Waals surface area contributed by atoms with Crippen LogP contribution in [-0.4, -0.2) is 29.1 Å². The summed E-state index contributed by atoms with van der Waals surface area (Å²) in [7, 11) is 0. The van der Waals surface area contributed by atoms with Crippen molar-refractivity contribution >= 4 is 23.2 Å². The summed E-state index contributed by atoms with van der Waals surface area (Å²) in [6.45, 7) is 0.732. The molecule has 2 N–H and O–H groups in total. The van der Waals surface area contributed by atoms with Gasteiger partial charge in [-0.2, -0.15) is 0 Å². The fourth-order valence-electron chi connectivity index (χ4n) is 3.39. The largest absolute Gasteiger partial charge is 0.389 e. The molecule has 5 nitrogen and oxygen atoms in total. The second kappa shape index (κ2) is 6.08. The van der Waals surface area contributed by atoms with Crippen LogP contribution >= 0.6 is 0 Å². The lowest BCUT2D eigenvalue weighted by Crippen LogP contribution is -2.30. The molecule has 0 atom stereocenters. The predicted octanol–water partition coefficient (Wildman–Crippen LogP) is 2.45. The number of hydrogen-bond acceptors (Lipinski definition) is 3. The van der Waals surface area contributed by atoms with Gasteiger partial charge in [-0.1, -0.05) is 18.9 Å². The Labute approximate surface area is 130 Å². The van der Waals surface area contributed by atoms with Crippen LogP contribution in [-0.2, 0) is 9.59 Å². The molecule has 0 bridgehead atoms. The van der Waals surface area contributed by atoms with Gasteiger partial charge in [-0.05, 0) is 37.5 Å². The molecule has 1 aliphatic carbocycles. The summed E-state index contributed by atoms with van der Waals surface area (Å²) < 4.78 is 0. The van der Waals surface area contributed by atoms with Crippen LogP contribution in [0.3, 0.4) is 0 Å². The van der Waals surface area contributed by atoms with Gasteiger partial charge >= 0.3 is 0 Å². The zero-order valence-electron chi connectivity index (χ0n) is 12.7. The minimum atomic E-state index is -0.841. The first kappa shape index (κ1) is 15.0. The Hall–Kier alpha value is -1.88. The maximum Gasteiger partial charge on any atom is 0.227 e. The molecular weight excluding hydrogens is 280 g/mol. The molecule has 5 heteroatoms. The van der Waals surface area contributed by atoms with Crippen LogP contribution in [0, 0.1) is 0 Å². The molecule has 1 saturated heterocycles. The standard InChI is InChI=1S/C17H22N2O3/c20-15(12-17(22)8-1-2-9-17)18-13-5-3-6-14(11-13)19-10-4-7-16(19)21/h3,5-6,11,22H,1-2,4,7-10,12H2,(H,18,20). The van der Waals surface area contributed by atoms with E-state index in [0.29, 0.717) is 24.9 Å². The summed E-state index contributed by atoms with van der Waals surface area (Å²) in [4.78, 5) is 25.7. The average Bonchev–Trinajstić information content (AvgIpc) is 3.07. The summed E-state index contributed by atoms with van der Waals surface area (Å²) in [5.74, 6) is -0.0435. The maximum atomic E-state index is 12.1. The molecule has 2 aliphatic rings. The quantitative estimate of drug-likeness (QED) is 0.897. The lowest BCUT2D eigenvalue weighted by molar-refractivity contribution is -0.121. The van der Waals surface area contributed by atoms with Gasteiger partial charge in [0.25, 0.3) is 0 Å². The Morgan fingerprint density at radius 1 is 1.27 bits per heavy atom. The predicted molar refractivity (Wildman–Crippen MR) is 84.7 cm³/mol. The summed E-state index contributed by atoms with van der Waals surface area (Å²) >= 11 is 0. The summed E-state index contributed by atoms with van der Waals surface area (Å²) in [6, 6.07) is 7.34. The molecule has 1 aromatic carbocycles. The molecule has 0 aromatic heterocycles. The molecule has 1 aliphatic heterocycles. The number of amides is 2. The number of nitrogens with zero attached hydrogens (tertiary/aromatic N) is 1. The van der Waals surface area contributed by atoms with Gasteiger partial charge in [-0.25, -0.2) is 0 Å². The van der Waals surface area contributed by atoms with Gasteiger partial charge < -0.3 is 15.3 Å². The van der Waals surface area contributed by atoms with Crippen LogP contribution in [0.1, 0.15) is 44.9 Å². The lowest BCUT2D eigenvalue weighted by atomic mass is 9.97. The van der Waals surface area contributed by atoms with Crippen molar-refractivity contribution in [2.45, 2.75) is 50.5 Å². The monoisotopic (exact) mass is 302 g/mol. The first-order valence-electron chi connectivity index (χ1n) is 7.98. The van der Waals surface area contributed by atoms with E-state index in [9.17, 15) is 14.7 Å². The Bertz CT molecular complexity index is 579. The van der Waals surface area contributed by atoms with Crippen LogP contribution in [0.5, 0.6) is 0 Å². The van der Waals surface area contributed by atoms with E-state index in [-0.39, 0.29) is 18.2 Å². The molecule has 3 rings (SSSR count). The minimum Gasteiger partial charge on any atom is -0.389 e. The molecule has 2 fully saturated rings. The fraction of sp³-hybridized carbons (Fsp3) is 0.529. The van der Waals surface area contributed by atoms with E-state index in [1.54, 1.807) is 11.0 Å². The summed E-state index contributed by atoms with van der Waals surface area (Å²) in [6.07, 6.45) is 4.96. The van der Waals surface area contributed by atoms with Gasteiger partial charge in [0, 0.05) is 24.3 Å². The van der Waals surface area contributed by atoms with Crippen LogP contribution < -0.4 is 10.2 Å². The molecule has 1 heterocycles. The van der Waals surface area contributed by atoms with Crippen molar-refractivity contribution in [3.8, 4) is 0 Å². The number of nitrogens with one attached hydrogen (secondary N) is 1. The number of aliphatic hydroxyl groups is 1. The minimum absolute atomic E-state index is 0.128. The number of anilines is 2. The van der Waals surface area contributed by atoms with Gasteiger partial charge in [0.1, 0.15) is 0 Å². The second-order valence-electron chi connectivity index (χ2n) is 6.36. The Kier molecular flexibility index (Phi) is 4.16. The van der Waals surface area contributed by atoms with E-state index in [1.807, 2.05) is 18.2 Å². The van der Waals surface area contributed by atoms with Gasteiger partial charge in [-0.15, -0.1) is 0 Å². The Morgan fingerprint density at radius 3 is 2.73 bits per heavy atom. The molecule has 118 valence electrons. The highest BCUT2D eigenvalue weighted by molar-refractivity contribution is 5.97. The average molecular weight is 302 g/mol. The van der Waals surface area contributed by atoms with E-state index >= 15 is 0 Å². The third-order valence-corrected chi connectivity index (χ3v) is 4.54. The van der Waals surface area contributed by atoms with Crippen molar-refractivity contribution in [3.05, 3.63) is 24.3 Å². The topological polar surface area (TPSA) is 69.6 Å². The molecule has 1 aromatic rings. The molecule has 0 spiro atoms. The highest BCUT2D eigenvalue weighted by Crippen LogP contribution is 2.32. The molecule has 2 amide bonds. The summed E-state index contributed by atoms with van der Waals surface area (Å²) in [5.41, 5.74) is 0.649. The normalized spacial score (nSPS) is 20.4. The first-order valence-corrected chi connectivity index (χ1v) is 7.98. The molecule has 1 saturated carbocycles. The highest BCUT2D eigenvalue weighted by atomic mass is 16.3. The van der Waals surface area contributed by atoms with Crippen molar-refractivity contribution in [2.75, 3.05) is 16.8 Å². The smallest absolute Gasteiger partial charge is 0.227 e. The summed E-state index contributed by atoms with van der Waals surface area (Å²) in [5, 5.41) is 13.1. The van der Waals surface area contributed by atoms with Crippen LogP contribution in [0.4, 0.5) is 11.4 Å². The fourth-order valence-corrected chi connectivity index (χ4v) is 3.39. The first-order chi connectivity index (χ1) is 10.6. The lowest BCUT2D eigenvalue weighted by Gasteiger charge is -2.21. The van der Waals surface area contributed by atoms with E-state index in [1.165, 1.54) is 0 Å². The molecule has 0 radical (unpaired) electrons. The van der Waals surface area contributed by atoms with Crippen molar-refractivity contribution in [3.63, 3.8) is 0 Å². The van der Waals surface area contributed by atoms with Gasteiger partial charge in [0.05, 0.1) is 12.0 Å². The van der Waals surface area contributed by atoms with Crippen molar-refractivity contribution in [1.29, 1.82) is 0 Å². The third kappa shape index (κ3) is 3.30. The Balaban J connectivity index is 1.65. The number of rotatable bonds is 4. The van der Waals surface area contributed by atoms with Crippen LogP contribution in [0.15, 0.2) is 24.3 Å². The van der Waals surface area contributed by atoms with E-state index in [2.05, 4.69) is 5.32 Å². The van der Waals surface area contributed by atoms with E-state index < -0.39 is 5.60 Å². The van der Waals surface area contributed by atoms with E-state index in [4.69, 9.17) is 0 Å². The maximum absolute atomic E-state index is 12.1. The number of hydrogen-bond donors (Lipinski definition) is 2. The van der Waals surface area contributed by atoms with Crippen LogP contribution in [0.25, 0.3) is 0 Å². The second-order valence-corrected chi connectivity index (χ2v) is 6.36. The zero-order chi connectivity index (χ0) is 15.6. The number of benzene rings is 1. The zero-order valence-corrected chi connectivity index (χ0v) is 12.7. The van der Waals surface area contributed by atoms with E-state index in [0.717, 1.165) is 31.5 Å². The molecule has 0 unspecified atom stereocenters. The van der Waals surface area contributed by atoms with Gasteiger partial charge in [0.15, 0.2) is 0 Å².